The van der Waals surface area contributed by atoms with E-state index in [4.69, 9.17) is 16.0 Å². The Bertz CT molecular complexity index is 1080. The first-order chi connectivity index (χ1) is 11.8. The molecule has 130 valence electrons. The highest BCUT2D eigenvalue weighted by atomic mass is 35.5. The molecule has 1 heterocycles. The summed E-state index contributed by atoms with van der Waals surface area (Å²) in [5.41, 5.74) is 1.75. The van der Waals surface area contributed by atoms with Gasteiger partial charge < -0.3 is 9.73 Å². The van der Waals surface area contributed by atoms with Crippen LogP contribution in [-0.4, -0.2) is 26.4 Å². The molecule has 0 bridgehead atoms. The van der Waals surface area contributed by atoms with E-state index in [1.807, 2.05) is 0 Å². The van der Waals surface area contributed by atoms with Gasteiger partial charge in [-0.15, -0.1) is 0 Å². The van der Waals surface area contributed by atoms with Crippen LogP contribution in [0.1, 0.15) is 16.2 Å². The van der Waals surface area contributed by atoms with Gasteiger partial charge in [0.15, 0.2) is 11.5 Å². The molecule has 25 heavy (non-hydrogen) atoms. The van der Waals surface area contributed by atoms with E-state index in [1.165, 1.54) is 25.2 Å². The number of hydrogen-bond acceptors (Lipinski definition) is 5. The lowest BCUT2D eigenvalue weighted by Gasteiger charge is -2.09. The fourth-order valence-electron chi connectivity index (χ4n) is 2.28. The number of carbonyl (C=O) groups is 1. The Labute approximate surface area is 149 Å². The van der Waals surface area contributed by atoms with Crippen molar-refractivity contribution in [2.75, 3.05) is 12.4 Å². The van der Waals surface area contributed by atoms with Gasteiger partial charge in [-0.2, -0.15) is 0 Å². The number of benzene rings is 2. The maximum atomic E-state index is 12.5. The van der Waals surface area contributed by atoms with Crippen LogP contribution in [-0.2, 0) is 10.0 Å². The molecule has 0 radical (unpaired) electrons. The third kappa shape index (κ3) is 3.51. The van der Waals surface area contributed by atoms with Crippen LogP contribution in [0.5, 0.6) is 0 Å². The molecule has 3 aromatic rings. The minimum atomic E-state index is -3.68. The standard InChI is InChI=1S/C16H14ClN3O4S/c1-9-19-14-7-10(3-6-15(14)24-9)20-16(21)12-8-11(4-5-13(12)17)25(22,23)18-2/h3-8,18H,1-2H3,(H,20,21). The Morgan fingerprint density at radius 1 is 1.20 bits per heavy atom. The van der Waals surface area contributed by atoms with Gasteiger partial charge in [-0.3, -0.25) is 4.79 Å². The van der Waals surface area contributed by atoms with Gasteiger partial charge in [-0.1, -0.05) is 11.6 Å². The predicted octanol–water partition coefficient (Wildman–Crippen LogP) is 2.95. The van der Waals surface area contributed by atoms with Gasteiger partial charge in [-0.05, 0) is 43.4 Å². The number of amides is 1. The van der Waals surface area contributed by atoms with Gasteiger partial charge in [0.2, 0.25) is 10.0 Å². The van der Waals surface area contributed by atoms with Gasteiger partial charge in [0.05, 0.1) is 15.5 Å². The molecule has 1 aromatic heterocycles. The lowest BCUT2D eigenvalue weighted by Crippen LogP contribution is -2.20. The molecule has 1 amide bonds. The maximum Gasteiger partial charge on any atom is 0.257 e. The molecule has 0 saturated heterocycles. The van der Waals surface area contributed by atoms with E-state index in [9.17, 15) is 13.2 Å². The molecule has 2 aromatic carbocycles. The smallest absolute Gasteiger partial charge is 0.257 e. The number of rotatable bonds is 4. The van der Waals surface area contributed by atoms with Crippen molar-refractivity contribution in [1.82, 2.24) is 9.71 Å². The number of oxazole rings is 1. The number of nitrogens with zero attached hydrogens (tertiary/aromatic N) is 1. The number of aromatic nitrogens is 1. The van der Waals surface area contributed by atoms with Gasteiger partial charge in [0.1, 0.15) is 5.52 Å². The molecule has 0 saturated carbocycles. The summed E-state index contributed by atoms with van der Waals surface area (Å²) in [7, 11) is -2.39. The molecular weight excluding hydrogens is 366 g/mol. The van der Waals surface area contributed by atoms with Crippen LogP contribution in [0.25, 0.3) is 11.1 Å². The summed E-state index contributed by atoms with van der Waals surface area (Å²) in [6.45, 7) is 1.73. The van der Waals surface area contributed by atoms with E-state index < -0.39 is 15.9 Å². The van der Waals surface area contributed by atoms with Crippen molar-refractivity contribution in [1.29, 1.82) is 0 Å². The minimum absolute atomic E-state index is 0.0490. The van der Waals surface area contributed by atoms with Crippen molar-refractivity contribution in [3.63, 3.8) is 0 Å². The van der Waals surface area contributed by atoms with Gasteiger partial charge in [0.25, 0.3) is 5.91 Å². The average molecular weight is 380 g/mol. The SMILES string of the molecule is CNS(=O)(=O)c1ccc(Cl)c(C(=O)Nc2ccc3oc(C)nc3c2)c1. The van der Waals surface area contributed by atoms with Crippen LogP contribution >= 0.6 is 11.6 Å². The van der Waals surface area contributed by atoms with E-state index in [-0.39, 0.29) is 15.5 Å². The summed E-state index contributed by atoms with van der Waals surface area (Å²) in [6.07, 6.45) is 0. The van der Waals surface area contributed by atoms with E-state index in [1.54, 1.807) is 25.1 Å². The molecule has 0 aliphatic rings. The Morgan fingerprint density at radius 3 is 2.68 bits per heavy atom. The van der Waals surface area contributed by atoms with E-state index in [0.717, 1.165) is 0 Å². The highest BCUT2D eigenvalue weighted by Gasteiger charge is 2.18. The fourth-order valence-corrected chi connectivity index (χ4v) is 3.24. The lowest BCUT2D eigenvalue weighted by atomic mass is 10.2. The van der Waals surface area contributed by atoms with Crippen molar-refractivity contribution in [2.24, 2.45) is 0 Å². The quantitative estimate of drug-likeness (QED) is 0.725. The second-order valence-corrected chi connectivity index (χ2v) is 7.51. The molecule has 9 heteroatoms. The summed E-state index contributed by atoms with van der Waals surface area (Å²) in [5.74, 6) is -0.00999. The molecule has 2 N–H and O–H groups in total. The lowest BCUT2D eigenvalue weighted by molar-refractivity contribution is 0.102. The molecule has 0 fully saturated rings. The number of fused-ring (bicyclic) bond motifs is 1. The Balaban J connectivity index is 1.93. The zero-order chi connectivity index (χ0) is 18.2. The molecule has 0 spiro atoms. The first-order valence-corrected chi connectivity index (χ1v) is 9.08. The van der Waals surface area contributed by atoms with Crippen LogP contribution in [0.15, 0.2) is 45.7 Å². The third-order valence-corrected chi connectivity index (χ3v) is 5.26. The number of nitrogens with one attached hydrogen (secondary N) is 2. The summed E-state index contributed by atoms with van der Waals surface area (Å²) in [5, 5.41) is 2.82. The van der Waals surface area contributed by atoms with Crippen LogP contribution < -0.4 is 10.0 Å². The van der Waals surface area contributed by atoms with E-state index in [2.05, 4.69) is 15.0 Å². The van der Waals surface area contributed by atoms with Crippen LogP contribution in [0, 0.1) is 6.92 Å². The second-order valence-electron chi connectivity index (χ2n) is 5.22. The first kappa shape index (κ1) is 17.4. The zero-order valence-corrected chi connectivity index (χ0v) is 14.9. The highest BCUT2D eigenvalue weighted by Crippen LogP contribution is 2.23. The molecule has 7 nitrogen and oxygen atoms in total. The van der Waals surface area contributed by atoms with Crippen LogP contribution in [0.3, 0.4) is 0 Å². The molecular formula is C16H14ClN3O4S. The van der Waals surface area contributed by atoms with Gasteiger partial charge in [0, 0.05) is 12.6 Å². The summed E-state index contributed by atoms with van der Waals surface area (Å²) >= 11 is 6.05. The van der Waals surface area contributed by atoms with Gasteiger partial charge >= 0.3 is 0 Å². The molecule has 0 unspecified atom stereocenters. The van der Waals surface area contributed by atoms with Crippen molar-refractivity contribution in [2.45, 2.75) is 11.8 Å². The van der Waals surface area contributed by atoms with E-state index in [0.29, 0.717) is 22.7 Å². The predicted molar refractivity (Wildman–Crippen MR) is 94.4 cm³/mol. The van der Waals surface area contributed by atoms with Crippen molar-refractivity contribution < 1.29 is 17.6 Å². The van der Waals surface area contributed by atoms with Crippen molar-refractivity contribution >= 4 is 44.3 Å². The second kappa shape index (κ2) is 6.47. The third-order valence-electron chi connectivity index (χ3n) is 3.51. The number of carbonyl (C=O) groups excluding carboxylic acids is 1. The van der Waals surface area contributed by atoms with E-state index >= 15 is 0 Å². The Kier molecular flexibility index (Phi) is 4.51. The Hall–Kier alpha value is -2.42. The van der Waals surface area contributed by atoms with Crippen LogP contribution in [0.4, 0.5) is 5.69 Å². The summed E-state index contributed by atoms with van der Waals surface area (Å²) in [6, 6.07) is 8.93. The van der Waals surface area contributed by atoms with Crippen LogP contribution in [0.2, 0.25) is 5.02 Å². The number of aryl methyl sites for hydroxylation is 1. The molecule has 3 rings (SSSR count). The molecule has 0 atom stereocenters. The first-order valence-electron chi connectivity index (χ1n) is 7.22. The Morgan fingerprint density at radius 2 is 1.96 bits per heavy atom. The summed E-state index contributed by atoms with van der Waals surface area (Å²) in [4.78, 5) is 16.6. The number of halogens is 1. The maximum absolute atomic E-state index is 12.5. The molecule has 0 aliphatic carbocycles. The van der Waals surface area contributed by atoms with Crippen molar-refractivity contribution in [3.05, 3.63) is 52.9 Å². The highest BCUT2D eigenvalue weighted by molar-refractivity contribution is 7.89. The number of sulfonamides is 1. The zero-order valence-electron chi connectivity index (χ0n) is 13.3. The summed E-state index contributed by atoms with van der Waals surface area (Å²) < 4.78 is 31.4. The largest absolute Gasteiger partial charge is 0.441 e. The molecule has 0 aliphatic heterocycles. The fraction of sp³-hybridized carbons (Fsp3) is 0.125. The topological polar surface area (TPSA) is 101 Å². The number of anilines is 1. The average Bonchev–Trinajstić information content (AvgIpc) is 2.94. The normalized spacial score (nSPS) is 11.6. The monoisotopic (exact) mass is 379 g/mol. The minimum Gasteiger partial charge on any atom is -0.441 e. The van der Waals surface area contributed by atoms with Crippen molar-refractivity contribution in [3.8, 4) is 0 Å². The van der Waals surface area contributed by atoms with Gasteiger partial charge in [-0.25, -0.2) is 18.1 Å². The number of hydrogen-bond donors (Lipinski definition) is 2.